The summed E-state index contributed by atoms with van der Waals surface area (Å²) in [5.74, 6) is -1.02. The number of rotatable bonds is 23. The molecule has 11 nitrogen and oxygen atoms in total. The molecule has 0 spiro atoms. The zero-order valence-corrected chi connectivity index (χ0v) is 24.7. The van der Waals surface area contributed by atoms with Crippen molar-refractivity contribution in [3.8, 4) is 0 Å². The molecule has 0 atom stereocenters. The molecule has 0 rings (SSSR count). The SMILES string of the molecule is C=C(C)C(=O)NCCCOCC(COCCCNC(=O)C(=C)C)(COCCCNC(=O)C(=C)C)NC(=O)C(=C)C. The zero-order valence-electron chi connectivity index (χ0n) is 24.7. The predicted molar refractivity (Wildman–Crippen MR) is 155 cm³/mol. The van der Waals surface area contributed by atoms with Crippen LogP contribution in [0.4, 0.5) is 0 Å². The monoisotopic (exact) mass is 564 g/mol. The highest BCUT2D eigenvalue weighted by Gasteiger charge is 2.34. The Kier molecular flexibility index (Phi) is 18.9. The zero-order chi connectivity index (χ0) is 30.6. The van der Waals surface area contributed by atoms with Crippen molar-refractivity contribution in [3.63, 3.8) is 0 Å². The molecule has 0 fully saturated rings. The third-order valence-corrected chi connectivity index (χ3v) is 5.32. The number of nitrogens with one attached hydrogen (secondary N) is 4. The van der Waals surface area contributed by atoms with Gasteiger partial charge in [0.25, 0.3) is 0 Å². The fourth-order valence-electron chi connectivity index (χ4n) is 2.96. The van der Waals surface area contributed by atoms with Crippen LogP contribution in [-0.4, -0.2) is 88.4 Å². The van der Waals surface area contributed by atoms with Gasteiger partial charge in [-0.1, -0.05) is 26.3 Å². The lowest BCUT2D eigenvalue weighted by atomic mass is 10.0. The van der Waals surface area contributed by atoms with Crippen molar-refractivity contribution in [1.29, 1.82) is 0 Å². The lowest BCUT2D eigenvalue weighted by molar-refractivity contribution is -0.124. The minimum absolute atomic E-state index is 0.0826. The summed E-state index contributed by atoms with van der Waals surface area (Å²) >= 11 is 0. The summed E-state index contributed by atoms with van der Waals surface area (Å²) in [6.45, 7) is 23.5. The van der Waals surface area contributed by atoms with Crippen molar-refractivity contribution in [1.82, 2.24) is 21.3 Å². The van der Waals surface area contributed by atoms with E-state index in [9.17, 15) is 19.2 Å². The van der Waals surface area contributed by atoms with E-state index < -0.39 is 5.54 Å². The highest BCUT2D eigenvalue weighted by Crippen LogP contribution is 2.11. The minimum atomic E-state index is -1.03. The number of hydrogen-bond donors (Lipinski definition) is 4. The number of carbonyl (C=O) groups excluding carboxylic acids is 4. The normalized spacial score (nSPS) is 10.8. The molecular weight excluding hydrogens is 516 g/mol. The van der Waals surface area contributed by atoms with Gasteiger partial charge in [-0.25, -0.2) is 0 Å². The Labute approximate surface area is 238 Å². The number of carbonyl (C=O) groups is 4. The van der Waals surface area contributed by atoms with E-state index in [-0.39, 0.29) is 43.4 Å². The van der Waals surface area contributed by atoms with Crippen LogP contribution < -0.4 is 21.3 Å². The van der Waals surface area contributed by atoms with Crippen LogP contribution >= 0.6 is 0 Å². The van der Waals surface area contributed by atoms with Gasteiger partial charge in [0.15, 0.2) is 0 Å². The van der Waals surface area contributed by atoms with Crippen LogP contribution in [0.5, 0.6) is 0 Å². The summed E-state index contributed by atoms with van der Waals surface area (Å²) in [4.78, 5) is 47.6. The molecule has 4 amide bonds. The van der Waals surface area contributed by atoms with Gasteiger partial charge in [0, 0.05) is 61.7 Å². The average molecular weight is 565 g/mol. The first-order valence-corrected chi connectivity index (χ1v) is 13.3. The van der Waals surface area contributed by atoms with Gasteiger partial charge in [-0.05, 0) is 47.0 Å². The Morgan fingerprint density at radius 2 is 0.800 bits per heavy atom. The summed E-state index contributed by atoms with van der Waals surface area (Å²) in [6, 6.07) is 0. The molecule has 0 aliphatic heterocycles. The summed E-state index contributed by atoms with van der Waals surface area (Å²) in [5.41, 5.74) is 0.566. The quantitative estimate of drug-likeness (QED) is 0.109. The molecule has 0 aromatic heterocycles. The summed E-state index contributed by atoms with van der Waals surface area (Å²) < 4.78 is 17.6. The molecule has 11 heteroatoms. The molecule has 0 heterocycles. The molecule has 4 N–H and O–H groups in total. The molecule has 0 aliphatic carbocycles. The van der Waals surface area contributed by atoms with Crippen molar-refractivity contribution in [2.75, 3.05) is 59.3 Å². The van der Waals surface area contributed by atoms with E-state index >= 15 is 0 Å². The lowest BCUT2D eigenvalue weighted by Gasteiger charge is -2.34. The van der Waals surface area contributed by atoms with E-state index in [4.69, 9.17) is 14.2 Å². The molecular formula is C29H48N4O7. The van der Waals surface area contributed by atoms with Crippen molar-refractivity contribution >= 4 is 23.6 Å². The van der Waals surface area contributed by atoms with Crippen LogP contribution in [0.15, 0.2) is 48.6 Å². The Morgan fingerprint density at radius 3 is 1.05 bits per heavy atom. The molecule has 0 saturated carbocycles. The first-order chi connectivity index (χ1) is 18.8. The van der Waals surface area contributed by atoms with Gasteiger partial charge in [0.2, 0.25) is 23.6 Å². The van der Waals surface area contributed by atoms with Gasteiger partial charge in [-0.2, -0.15) is 0 Å². The predicted octanol–water partition coefficient (Wildman–Crippen LogP) is 1.71. The molecule has 0 unspecified atom stereocenters. The van der Waals surface area contributed by atoms with E-state index in [0.717, 1.165) is 0 Å². The number of hydrogen-bond acceptors (Lipinski definition) is 7. The molecule has 0 aromatic carbocycles. The largest absolute Gasteiger partial charge is 0.379 e. The molecule has 0 bridgehead atoms. The van der Waals surface area contributed by atoms with Crippen LogP contribution in [0.25, 0.3) is 0 Å². The van der Waals surface area contributed by atoms with Crippen molar-refractivity contribution in [2.45, 2.75) is 52.5 Å². The van der Waals surface area contributed by atoms with E-state index in [0.29, 0.717) is 81.0 Å². The second kappa shape index (κ2) is 20.6. The molecule has 0 aliphatic rings. The average Bonchev–Trinajstić information content (AvgIpc) is 2.89. The summed E-state index contributed by atoms with van der Waals surface area (Å²) in [5, 5.41) is 11.2. The van der Waals surface area contributed by atoms with E-state index in [1.165, 1.54) is 0 Å². The van der Waals surface area contributed by atoms with Crippen LogP contribution in [0.1, 0.15) is 47.0 Å². The van der Waals surface area contributed by atoms with E-state index in [1.807, 2.05) is 0 Å². The molecule has 40 heavy (non-hydrogen) atoms. The van der Waals surface area contributed by atoms with Crippen LogP contribution in [0.3, 0.4) is 0 Å². The summed E-state index contributed by atoms with van der Waals surface area (Å²) in [6.07, 6.45) is 1.66. The lowest BCUT2D eigenvalue weighted by Crippen LogP contribution is -2.59. The van der Waals surface area contributed by atoms with E-state index in [1.54, 1.807) is 27.7 Å². The van der Waals surface area contributed by atoms with Crippen LogP contribution in [0.2, 0.25) is 0 Å². The van der Waals surface area contributed by atoms with Crippen LogP contribution in [-0.2, 0) is 33.4 Å². The Bertz CT molecular complexity index is 821. The third kappa shape index (κ3) is 17.3. The molecule has 0 radical (unpaired) electrons. The summed E-state index contributed by atoms with van der Waals surface area (Å²) in [7, 11) is 0. The van der Waals surface area contributed by atoms with Crippen molar-refractivity contribution in [2.24, 2.45) is 0 Å². The fourth-order valence-corrected chi connectivity index (χ4v) is 2.96. The van der Waals surface area contributed by atoms with Gasteiger partial charge in [0.05, 0.1) is 19.8 Å². The maximum absolute atomic E-state index is 12.6. The Hall–Kier alpha value is -3.28. The van der Waals surface area contributed by atoms with Gasteiger partial charge in [-0.15, -0.1) is 0 Å². The second-order valence-electron chi connectivity index (χ2n) is 9.84. The van der Waals surface area contributed by atoms with Gasteiger partial charge in [0.1, 0.15) is 5.54 Å². The molecule has 0 aromatic rings. The molecule has 226 valence electrons. The first-order valence-electron chi connectivity index (χ1n) is 13.3. The van der Waals surface area contributed by atoms with Crippen molar-refractivity contribution < 1.29 is 33.4 Å². The maximum atomic E-state index is 12.6. The standard InChI is InChI=1S/C29H48N4O7/c1-21(2)25(34)30-12-9-15-38-18-29(33-28(37)24(7)8,19-39-16-10-13-31-26(35)22(3)4)20-40-17-11-14-32-27(36)23(5)6/h1,3,5,7,9-20H2,2,4,6,8H3,(H,30,34)(H,31,35)(H,32,36)(H,33,37). The smallest absolute Gasteiger partial charge is 0.246 e. The third-order valence-electron chi connectivity index (χ3n) is 5.32. The highest BCUT2D eigenvalue weighted by atomic mass is 16.5. The van der Waals surface area contributed by atoms with E-state index in [2.05, 4.69) is 47.6 Å². The Balaban J connectivity index is 5.14. The van der Waals surface area contributed by atoms with Gasteiger partial charge >= 0.3 is 0 Å². The second-order valence-corrected chi connectivity index (χ2v) is 9.84. The molecule has 0 saturated heterocycles. The van der Waals surface area contributed by atoms with Crippen molar-refractivity contribution in [3.05, 3.63) is 48.6 Å². The first kappa shape index (κ1) is 36.7. The minimum Gasteiger partial charge on any atom is -0.379 e. The number of ether oxygens (including phenoxy) is 3. The van der Waals surface area contributed by atoms with Crippen LogP contribution in [0, 0.1) is 0 Å². The number of amides is 4. The highest BCUT2D eigenvalue weighted by molar-refractivity contribution is 5.93. The fraction of sp³-hybridized carbons (Fsp3) is 0.586. The van der Waals surface area contributed by atoms with Gasteiger partial charge in [-0.3, -0.25) is 19.2 Å². The maximum Gasteiger partial charge on any atom is 0.246 e. The topological polar surface area (TPSA) is 144 Å². The Morgan fingerprint density at radius 1 is 0.525 bits per heavy atom. The van der Waals surface area contributed by atoms with Gasteiger partial charge < -0.3 is 35.5 Å².